The Morgan fingerprint density at radius 2 is 1.73 bits per heavy atom. The Morgan fingerprint density at radius 1 is 1.13 bits per heavy atom. The minimum atomic E-state index is 0.798. The van der Waals surface area contributed by atoms with E-state index in [1.54, 1.807) is 0 Å². The minimum Gasteiger partial charge on any atom is -0.490 e. The highest BCUT2D eigenvalue weighted by Gasteiger charge is 2.15. The molecule has 1 aromatic rings. The van der Waals surface area contributed by atoms with Crippen LogP contribution in [0.3, 0.4) is 0 Å². The largest absolute Gasteiger partial charge is 0.490 e. The first-order valence-corrected chi connectivity index (χ1v) is 5.63. The normalized spacial score (nSPS) is 13.5. The minimum absolute atomic E-state index is 0.798. The predicted octanol–water partition coefficient (Wildman–Crippen LogP) is 3.16. The maximum absolute atomic E-state index is 5.59. The molecule has 2 rings (SSSR count). The average Bonchev–Trinajstić information content (AvgIpc) is 2.24. The van der Waals surface area contributed by atoms with Crippen molar-refractivity contribution in [2.24, 2.45) is 0 Å². The van der Waals surface area contributed by atoms with Crippen molar-refractivity contribution >= 4 is 5.69 Å². The molecule has 0 spiro atoms. The molecule has 15 heavy (non-hydrogen) atoms. The first-order valence-electron chi connectivity index (χ1n) is 5.63. The van der Waals surface area contributed by atoms with Gasteiger partial charge in [-0.1, -0.05) is 13.8 Å². The van der Waals surface area contributed by atoms with Gasteiger partial charge in [0.1, 0.15) is 12.4 Å². The van der Waals surface area contributed by atoms with Crippen molar-refractivity contribution in [2.75, 3.05) is 25.1 Å². The number of rotatable bonds is 0. The summed E-state index contributed by atoms with van der Waals surface area (Å²) in [5.74, 6) is 1.02. The second-order valence-corrected chi connectivity index (χ2v) is 3.67. The Hall–Kier alpha value is -1.18. The average molecular weight is 207 g/mol. The number of benzene rings is 1. The number of ether oxygens (including phenoxy) is 1. The molecular formula is C13H21NO. The third-order valence-electron chi connectivity index (χ3n) is 2.67. The lowest BCUT2D eigenvalue weighted by Gasteiger charge is -2.28. The van der Waals surface area contributed by atoms with E-state index < -0.39 is 0 Å². The van der Waals surface area contributed by atoms with Crippen LogP contribution in [0, 0.1) is 13.8 Å². The van der Waals surface area contributed by atoms with Crippen LogP contribution in [0.4, 0.5) is 5.69 Å². The van der Waals surface area contributed by atoms with Gasteiger partial charge in [-0.25, -0.2) is 0 Å². The molecule has 0 atom stereocenters. The lowest BCUT2D eigenvalue weighted by molar-refractivity contribution is 0.311. The number of likely N-dealkylation sites (N-methyl/N-ethyl adjacent to an activating group) is 1. The standard InChI is InChI=1S/C11H15NO.C2H6/c1-8-6-10-11(7-9(8)2)13-5-4-12(10)3;1-2/h6-7H,4-5H2,1-3H3;1-2H3. The molecular weight excluding hydrogens is 186 g/mol. The van der Waals surface area contributed by atoms with Crippen LogP contribution in [0.5, 0.6) is 5.75 Å². The Bertz CT molecular complexity index is 334. The van der Waals surface area contributed by atoms with Crippen LogP contribution in [0.25, 0.3) is 0 Å². The highest BCUT2D eigenvalue weighted by Crippen LogP contribution is 2.32. The van der Waals surface area contributed by atoms with Crippen LogP contribution in [0.15, 0.2) is 12.1 Å². The summed E-state index contributed by atoms with van der Waals surface area (Å²) < 4.78 is 5.59. The Morgan fingerprint density at radius 3 is 2.40 bits per heavy atom. The van der Waals surface area contributed by atoms with Gasteiger partial charge in [-0.2, -0.15) is 0 Å². The zero-order valence-electron chi connectivity index (χ0n) is 10.4. The van der Waals surface area contributed by atoms with Gasteiger partial charge >= 0.3 is 0 Å². The van der Waals surface area contributed by atoms with Crippen molar-refractivity contribution in [3.8, 4) is 5.75 Å². The van der Waals surface area contributed by atoms with E-state index >= 15 is 0 Å². The lowest BCUT2D eigenvalue weighted by atomic mass is 10.1. The third-order valence-corrected chi connectivity index (χ3v) is 2.67. The van der Waals surface area contributed by atoms with Gasteiger partial charge in [0, 0.05) is 7.05 Å². The molecule has 0 aromatic heterocycles. The van der Waals surface area contributed by atoms with E-state index in [0.717, 1.165) is 18.9 Å². The van der Waals surface area contributed by atoms with Gasteiger partial charge in [-0.3, -0.25) is 0 Å². The molecule has 1 aliphatic heterocycles. The molecule has 0 saturated carbocycles. The zero-order chi connectivity index (χ0) is 11.4. The van der Waals surface area contributed by atoms with Gasteiger partial charge in [0.25, 0.3) is 0 Å². The number of nitrogens with zero attached hydrogens (tertiary/aromatic N) is 1. The monoisotopic (exact) mass is 207 g/mol. The van der Waals surface area contributed by atoms with E-state index in [4.69, 9.17) is 4.74 Å². The molecule has 1 aliphatic rings. The number of fused-ring (bicyclic) bond motifs is 1. The predicted molar refractivity (Wildman–Crippen MR) is 66.0 cm³/mol. The molecule has 0 aliphatic carbocycles. The van der Waals surface area contributed by atoms with Crippen LogP contribution in [-0.4, -0.2) is 20.2 Å². The number of aryl methyl sites for hydroxylation is 2. The van der Waals surface area contributed by atoms with Crippen LogP contribution in [0.1, 0.15) is 25.0 Å². The summed E-state index contributed by atoms with van der Waals surface area (Å²) in [6.07, 6.45) is 0. The van der Waals surface area contributed by atoms with Crippen molar-refractivity contribution < 1.29 is 4.74 Å². The fraction of sp³-hybridized carbons (Fsp3) is 0.538. The van der Waals surface area contributed by atoms with Crippen LogP contribution < -0.4 is 9.64 Å². The maximum Gasteiger partial charge on any atom is 0.142 e. The molecule has 0 unspecified atom stereocenters. The summed E-state index contributed by atoms with van der Waals surface area (Å²) >= 11 is 0. The second kappa shape index (κ2) is 5.06. The van der Waals surface area contributed by atoms with Gasteiger partial charge < -0.3 is 9.64 Å². The van der Waals surface area contributed by atoms with E-state index in [0.29, 0.717) is 0 Å². The molecule has 0 radical (unpaired) electrons. The fourth-order valence-corrected chi connectivity index (χ4v) is 1.60. The Labute approximate surface area is 92.9 Å². The van der Waals surface area contributed by atoms with Gasteiger partial charge in [-0.05, 0) is 37.1 Å². The summed E-state index contributed by atoms with van der Waals surface area (Å²) in [6, 6.07) is 4.32. The Balaban J connectivity index is 0.000000531. The topological polar surface area (TPSA) is 12.5 Å². The summed E-state index contributed by atoms with van der Waals surface area (Å²) in [6.45, 7) is 10.0. The molecule has 0 saturated heterocycles. The van der Waals surface area contributed by atoms with E-state index in [1.165, 1.54) is 16.8 Å². The number of anilines is 1. The molecule has 84 valence electrons. The molecule has 2 nitrogen and oxygen atoms in total. The van der Waals surface area contributed by atoms with E-state index in [1.807, 2.05) is 13.8 Å². The fourth-order valence-electron chi connectivity index (χ4n) is 1.60. The quantitative estimate of drug-likeness (QED) is 0.648. The zero-order valence-corrected chi connectivity index (χ0v) is 10.4. The summed E-state index contributed by atoms with van der Waals surface area (Å²) in [5, 5.41) is 0. The van der Waals surface area contributed by atoms with Gasteiger partial charge in [0.05, 0.1) is 12.2 Å². The van der Waals surface area contributed by atoms with E-state index in [9.17, 15) is 0 Å². The summed E-state index contributed by atoms with van der Waals surface area (Å²) in [5.41, 5.74) is 3.85. The van der Waals surface area contributed by atoms with Gasteiger partial charge in [0.15, 0.2) is 0 Å². The van der Waals surface area contributed by atoms with Crippen molar-refractivity contribution in [3.63, 3.8) is 0 Å². The van der Waals surface area contributed by atoms with E-state index in [-0.39, 0.29) is 0 Å². The van der Waals surface area contributed by atoms with Gasteiger partial charge in [0.2, 0.25) is 0 Å². The van der Waals surface area contributed by atoms with E-state index in [2.05, 4.69) is 37.9 Å². The summed E-state index contributed by atoms with van der Waals surface area (Å²) in [4.78, 5) is 2.24. The Kier molecular flexibility index (Phi) is 4.01. The first kappa shape index (κ1) is 11.9. The number of hydrogen-bond acceptors (Lipinski definition) is 2. The van der Waals surface area contributed by atoms with Crippen molar-refractivity contribution in [1.82, 2.24) is 0 Å². The van der Waals surface area contributed by atoms with Crippen LogP contribution in [-0.2, 0) is 0 Å². The van der Waals surface area contributed by atoms with Crippen molar-refractivity contribution in [1.29, 1.82) is 0 Å². The highest BCUT2D eigenvalue weighted by molar-refractivity contribution is 5.62. The van der Waals surface area contributed by atoms with Crippen molar-refractivity contribution in [3.05, 3.63) is 23.3 Å². The molecule has 1 aromatic carbocycles. The second-order valence-electron chi connectivity index (χ2n) is 3.67. The van der Waals surface area contributed by atoms with Crippen LogP contribution >= 0.6 is 0 Å². The molecule has 0 bridgehead atoms. The smallest absolute Gasteiger partial charge is 0.142 e. The highest BCUT2D eigenvalue weighted by atomic mass is 16.5. The third kappa shape index (κ3) is 2.44. The van der Waals surface area contributed by atoms with Gasteiger partial charge in [-0.15, -0.1) is 0 Å². The molecule has 0 N–H and O–H groups in total. The van der Waals surface area contributed by atoms with Crippen molar-refractivity contribution in [2.45, 2.75) is 27.7 Å². The SMILES string of the molecule is CC.Cc1cc2c(cc1C)N(C)CCO2. The molecule has 0 fully saturated rings. The van der Waals surface area contributed by atoms with Crippen LogP contribution in [0.2, 0.25) is 0 Å². The summed E-state index contributed by atoms with van der Waals surface area (Å²) in [7, 11) is 2.11. The molecule has 2 heteroatoms. The maximum atomic E-state index is 5.59. The molecule has 0 amide bonds. The lowest BCUT2D eigenvalue weighted by Crippen LogP contribution is -2.28. The first-order chi connectivity index (χ1) is 7.18. The number of hydrogen-bond donors (Lipinski definition) is 0. The molecule has 1 heterocycles.